The van der Waals surface area contributed by atoms with Gasteiger partial charge in [0.05, 0.1) is 0 Å². The zero-order valence-electron chi connectivity index (χ0n) is 11.9. The van der Waals surface area contributed by atoms with E-state index in [0.717, 1.165) is 30.0 Å². The first kappa shape index (κ1) is 14.1. The van der Waals surface area contributed by atoms with Gasteiger partial charge in [-0.3, -0.25) is 0 Å². The molecule has 0 radical (unpaired) electrons. The monoisotopic (exact) mass is 272 g/mol. The third-order valence-corrected chi connectivity index (χ3v) is 3.18. The number of carbonyl (C=O) groups is 1. The Bertz CT molecular complexity index is 577. The van der Waals surface area contributed by atoms with Crippen molar-refractivity contribution in [3.8, 4) is 0 Å². The van der Waals surface area contributed by atoms with E-state index < -0.39 is 0 Å². The number of aromatic nitrogens is 2. The Morgan fingerprint density at radius 2 is 2.10 bits per heavy atom. The molecule has 0 aliphatic rings. The van der Waals surface area contributed by atoms with E-state index in [1.54, 1.807) is 6.20 Å². The molecule has 5 heteroatoms. The van der Waals surface area contributed by atoms with Crippen LogP contribution >= 0.6 is 0 Å². The number of hydrogen-bond acceptors (Lipinski definition) is 2. The third kappa shape index (κ3) is 3.85. The maximum Gasteiger partial charge on any atom is 0.319 e. The lowest BCUT2D eigenvalue weighted by Gasteiger charge is -2.10. The van der Waals surface area contributed by atoms with Gasteiger partial charge in [-0.25, -0.2) is 9.78 Å². The molecule has 0 saturated carbocycles. The molecule has 0 aliphatic heterocycles. The van der Waals surface area contributed by atoms with Gasteiger partial charge in [-0.2, -0.15) is 0 Å². The zero-order valence-corrected chi connectivity index (χ0v) is 11.9. The van der Waals surface area contributed by atoms with Crippen LogP contribution in [0.4, 0.5) is 10.5 Å². The fourth-order valence-corrected chi connectivity index (χ4v) is 1.97. The maximum atomic E-state index is 11.8. The minimum atomic E-state index is -0.165. The smallest absolute Gasteiger partial charge is 0.319 e. The third-order valence-electron chi connectivity index (χ3n) is 3.18. The highest BCUT2D eigenvalue weighted by atomic mass is 16.2. The highest BCUT2D eigenvalue weighted by Crippen LogP contribution is 2.12. The predicted molar refractivity (Wildman–Crippen MR) is 79.8 cm³/mol. The first-order chi connectivity index (χ1) is 9.66. The summed E-state index contributed by atoms with van der Waals surface area (Å²) in [5.74, 6) is 0.995. The Morgan fingerprint density at radius 3 is 2.80 bits per heavy atom. The number of para-hydroxylation sites is 1. The van der Waals surface area contributed by atoms with Crippen LogP contribution in [0.3, 0.4) is 0 Å². The summed E-state index contributed by atoms with van der Waals surface area (Å²) in [6.07, 6.45) is 4.61. The number of benzene rings is 1. The van der Waals surface area contributed by atoms with Gasteiger partial charge in [-0.1, -0.05) is 18.2 Å². The van der Waals surface area contributed by atoms with Gasteiger partial charge in [-0.05, 0) is 31.9 Å². The van der Waals surface area contributed by atoms with Crippen molar-refractivity contribution >= 4 is 11.7 Å². The summed E-state index contributed by atoms with van der Waals surface area (Å²) in [6, 6.07) is 7.55. The van der Waals surface area contributed by atoms with Crippen LogP contribution < -0.4 is 10.6 Å². The van der Waals surface area contributed by atoms with Crippen molar-refractivity contribution in [2.24, 2.45) is 0 Å². The molecule has 0 fully saturated rings. The normalized spacial score (nSPS) is 10.3. The van der Waals surface area contributed by atoms with Crippen molar-refractivity contribution in [3.05, 3.63) is 48.0 Å². The highest BCUT2D eigenvalue weighted by molar-refractivity contribution is 5.89. The van der Waals surface area contributed by atoms with Crippen LogP contribution in [-0.4, -0.2) is 22.1 Å². The SMILES string of the molecule is Cc1ccccc1NC(=O)NCCCn1ccnc1C. The van der Waals surface area contributed by atoms with E-state index in [-0.39, 0.29) is 6.03 Å². The van der Waals surface area contributed by atoms with Gasteiger partial charge in [0.25, 0.3) is 0 Å². The van der Waals surface area contributed by atoms with Crippen LogP contribution in [0.2, 0.25) is 0 Å². The molecule has 2 amide bonds. The fourth-order valence-electron chi connectivity index (χ4n) is 1.97. The molecule has 5 nitrogen and oxygen atoms in total. The number of anilines is 1. The van der Waals surface area contributed by atoms with E-state index in [9.17, 15) is 4.79 Å². The second kappa shape index (κ2) is 6.75. The molecule has 0 atom stereocenters. The quantitative estimate of drug-likeness (QED) is 0.822. The average Bonchev–Trinajstić information content (AvgIpc) is 2.83. The molecule has 2 aromatic rings. The molecule has 1 aromatic carbocycles. The van der Waals surface area contributed by atoms with Crippen molar-refractivity contribution in [1.82, 2.24) is 14.9 Å². The van der Waals surface area contributed by atoms with Gasteiger partial charge in [0.15, 0.2) is 0 Å². The number of urea groups is 1. The lowest BCUT2D eigenvalue weighted by molar-refractivity contribution is 0.252. The minimum absolute atomic E-state index is 0.165. The zero-order chi connectivity index (χ0) is 14.4. The van der Waals surface area contributed by atoms with Crippen LogP contribution in [0.15, 0.2) is 36.7 Å². The number of amides is 2. The Balaban J connectivity index is 1.71. The number of nitrogens with one attached hydrogen (secondary N) is 2. The van der Waals surface area contributed by atoms with Crippen molar-refractivity contribution < 1.29 is 4.79 Å². The largest absolute Gasteiger partial charge is 0.338 e. The molecule has 0 saturated heterocycles. The van der Waals surface area contributed by atoms with Crippen LogP contribution in [0.25, 0.3) is 0 Å². The van der Waals surface area contributed by atoms with Gasteiger partial charge in [0.1, 0.15) is 5.82 Å². The lowest BCUT2D eigenvalue weighted by atomic mass is 10.2. The molecular weight excluding hydrogens is 252 g/mol. The number of nitrogens with zero attached hydrogens (tertiary/aromatic N) is 2. The maximum absolute atomic E-state index is 11.8. The Labute approximate surface area is 119 Å². The predicted octanol–water partition coefficient (Wildman–Crippen LogP) is 2.71. The molecule has 0 spiro atoms. The van der Waals surface area contributed by atoms with Gasteiger partial charge < -0.3 is 15.2 Å². The second-order valence-corrected chi connectivity index (χ2v) is 4.72. The molecule has 20 heavy (non-hydrogen) atoms. The molecule has 2 rings (SSSR count). The second-order valence-electron chi connectivity index (χ2n) is 4.72. The highest BCUT2D eigenvalue weighted by Gasteiger charge is 2.03. The van der Waals surface area contributed by atoms with Gasteiger partial charge in [-0.15, -0.1) is 0 Å². The first-order valence-corrected chi connectivity index (χ1v) is 6.75. The number of rotatable bonds is 5. The number of hydrogen-bond donors (Lipinski definition) is 2. The first-order valence-electron chi connectivity index (χ1n) is 6.75. The van der Waals surface area contributed by atoms with Gasteiger partial charge in [0.2, 0.25) is 0 Å². The average molecular weight is 272 g/mol. The molecule has 0 aliphatic carbocycles. The van der Waals surface area contributed by atoms with Crippen molar-refractivity contribution in [2.75, 3.05) is 11.9 Å². The van der Waals surface area contributed by atoms with Crippen LogP contribution in [0.1, 0.15) is 17.8 Å². The summed E-state index contributed by atoms with van der Waals surface area (Å²) in [7, 11) is 0. The standard InChI is InChI=1S/C15H20N4O/c1-12-6-3-4-7-14(12)18-15(20)17-8-5-10-19-11-9-16-13(19)2/h3-4,6-7,9,11H,5,8,10H2,1-2H3,(H2,17,18,20). The van der Waals surface area contributed by atoms with E-state index in [1.807, 2.05) is 44.3 Å². The summed E-state index contributed by atoms with van der Waals surface area (Å²) in [5.41, 5.74) is 1.90. The topological polar surface area (TPSA) is 59.0 Å². The van der Waals surface area contributed by atoms with Crippen molar-refractivity contribution in [1.29, 1.82) is 0 Å². The summed E-state index contributed by atoms with van der Waals surface area (Å²) in [4.78, 5) is 15.9. The summed E-state index contributed by atoms with van der Waals surface area (Å²) in [5, 5.41) is 5.70. The Kier molecular flexibility index (Phi) is 4.76. The minimum Gasteiger partial charge on any atom is -0.338 e. The van der Waals surface area contributed by atoms with Crippen LogP contribution in [-0.2, 0) is 6.54 Å². The molecule has 0 unspecified atom stereocenters. The van der Waals surface area contributed by atoms with E-state index >= 15 is 0 Å². The number of imidazole rings is 1. The van der Waals surface area contributed by atoms with E-state index in [4.69, 9.17) is 0 Å². The summed E-state index contributed by atoms with van der Waals surface area (Å²) < 4.78 is 2.07. The summed E-state index contributed by atoms with van der Waals surface area (Å²) in [6.45, 7) is 5.43. The number of carbonyl (C=O) groups excluding carboxylic acids is 1. The van der Waals surface area contributed by atoms with Crippen molar-refractivity contribution in [3.63, 3.8) is 0 Å². The molecular formula is C15H20N4O. The molecule has 106 valence electrons. The van der Waals surface area contributed by atoms with Crippen LogP contribution in [0, 0.1) is 13.8 Å². The van der Waals surface area contributed by atoms with Gasteiger partial charge >= 0.3 is 6.03 Å². The molecule has 2 N–H and O–H groups in total. The van der Waals surface area contributed by atoms with E-state index in [1.165, 1.54) is 0 Å². The molecule has 1 aromatic heterocycles. The molecule has 1 heterocycles. The lowest BCUT2D eigenvalue weighted by Crippen LogP contribution is -2.30. The Hall–Kier alpha value is -2.30. The van der Waals surface area contributed by atoms with E-state index in [2.05, 4.69) is 20.2 Å². The van der Waals surface area contributed by atoms with Gasteiger partial charge in [0, 0.05) is 31.2 Å². The fraction of sp³-hybridized carbons (Fsp3) is 0.333. The molecule has 0 bridgehead atoms. The Morgan fingerprint density at radius 1 is 1.30 bits per heavy atom. The summed E-state index contributed by atoms with van der Waals surface area (Å²) >= 11 is 0. The van der Waals surface area contributed by atoms with Crippen LogP contribution in [0.5, 0.6) is 0 Å². The van der Waals surface area contributed by atoms with E-state index in [0.29, 0.717) is 6.54 Å². The van der Waals surface area contributed by atoms with Crippen molar-refractivity contribution in [2.45, 2.75) is 26.8 Å². The number of aryl methyl sites for hydroxylation is 3.